The lowest BCUT2D eigenvalue weighted by Gasteiger charge is -2.73. The maximum Gasteiger partial charge on any atom is 0.312 e. The molecule has 0 unspecified atom stereocenters. The minimum Gasteiger partial charge on any atom is -0.481 e. The number of rotatable bonds is 4. The lowest BCUT2D eigenvalue weighted by molar-refractivity contribution is -0.254. The fourth-order valence-corrected chi connectivity index (χ4v) is 12.4. The molecule has 1 heterocycles. The molecule has 0 aromatic rings. The van der Waals surface area contributed by atoms with Crippen LogP contribution in [0.3, 0.4) is 0 Å². The zero-order valence-electron chi connectivity index (χ0n) is 25.9. The SMILES string of the molecule is CC1(C)CC[C@]23CC[C@]4(C)[C@H](CC[C@@H]5[C@@]6(C)CC[C@@H](OC(=O)CCC(=O)O)C(C)(C)[C@H]6CC[C@]54C)[C@@H]2[C@@H]1OC3=O. The van der Waals surface area contributed by atoms with E-state index in [9.17, 15) is 14.4 Å². The second kappa shape index (κ2) is 8.72. The van der Waals surface area contributed by atoms with E-state index >= 15 is 0 Å². The minimum atomic E-state index is -0.961. The molecule has 6 aliphatic rings. The third-order valence-corrected chi connectivity index (χ3v) is 14.8. The van der Waals surface area contributed by atoms with E-state index < -0.39 is 5.97 Å². The van der Waals surface area contributed by atoms with Crippen LogP contribution < -0.4 is 0 Å². The molecule has 224 valence electrons. The van der Waals surface area contributed by atoms with E-state index in [1.807, 2.05) is 0 Å². The molecule has 6 fully saturated rings. The molecule has 6 heteroatoms. The molecule has 5 aliphatic carbocycles. The number of fused-ring (bicyclic) bond motifs is 5. The van der Waals surface area contributed by atoms with E-state index in [2.05, 4.69) is 48.5 Å². The molecular formula is C34H52O6. The molecular weight excluding hydrogens is 504 g/mol. The highest BCUT2D eigenvalue weighted by Gasteiger charge is 2.75. The molecule has 0 radical (unpaired) electrons. The van der Waals surface area contributed by atoms with Gasteiger partial charge in [-0.3, -0.25) is 14.4 Å². The topological polar surface area (TPSA) is 89.9 Å². The standard InChI is InChI=1S/C34H52O6/c1-29(2)16-18-34-19-17-32(6)20(26(34)27(29)40-28(34)38)8-9-22-31(5)14-13-23(39-25(37)11-10-24(35)36)30(3,4)21(31)12-15-33(22,32)7/h20-23,26-27H,8-19H2,1-7H3,(H,35,36)/t20-,21-,22-,23-,26-,27+,31+,32-,33-,34+/m1/s1. The summed E-state index contributed by atoms with van der Waals surface area (Å²) in [7, 11) is 0. The summed E-state index contributed by atoms with van der Waals surface area (Å²) in [6.07, 6.45) is 10.4. The lowest BCUT2D eigenvalue weighted by Crippen LogP contribution is -2.68. The van der Waals surface area contributed by atoms with Gasteiger partial charge in [-0.05, 0) is 98.2 Å². The molecule has 0 spiro atoms. The molecule has 1 aliphatic heterocycles. The first-order valence-corrected chi connectivity index (χ1v) is 16.2. The van der Waals surface area contributed by atoms with Gasteiger partial charge in [0.25, 0.3) is 0 Å². The van der Waals surface area contributed by atoms with Crippen molar-refractivity contribution in [2.45, 2.75) is 138 Å². The fourth-order valence-electron chi connectivity index (χ4n) is 12.4. The van der Waals surface area contributed by atoms with Gasteiger partial charge in [0.05, 0.1) is 18.3 Å². The largest absolute Gasteiger partial charge is 0.481 e. The van der Waals surface area contributed by atoms with Crippen LogP contribution in [0.1, 0.15) is 126 Å². The van der Waals surface area contributed by atoms with Gasteiger partial charge in [-0.25, -0.2) is 0 Å². The van der Waals surface area contributed by atoms with Crippen LogP contribution in [-0.2, 0) is 23.9 Å². The summed E-state index contributed by atoms with van der Waals surface area (Å²) in [4.78, 5) is 37.0. The summed E-state index contributed by atoms with van der Waals surface area (Å²) in [6.45, 7) is 16.9. The molecule has 0 aromatic heterocycles. The van der Waals surface area contributed by atoms with Gasteiger partial charge in [0.2, 0.25) is 0 Å². The Bertz CT molecular complexity index is 1110. The monoisotopic (exact) mass is 556 g/mol. The van der Waals surface area contributed by atoms with Gasteiger partial charge in [0.15, 0.2) is 0 Å². The smallest absolute Gasteiger partial charge is 0.312 e. The average Bonchev–Trinajstić information content (AvgIpc) is 3.12. The van der Waals surface area contributed by atoms with Crippen LogP contribution in [0.4, 0.5) is 0 Å². The van der Waals surface area contributed by atoms with Crippen LogP contribution in [0.2, 0.25) is 0 Å². The van der Waals surface area contributed by atoms with Crippen molar-refractivity contribution in [3.8, 4) is 0 Å². The van der Waals surface area contributed by atoms with Crippen LogP contribution in [-0.4, -0.2) is 35.2 Å². The second-order valence-electron chi connectivity index (χ2n) is 16.9. The first kappa shape index (κ1) is 28.5. The molecule has 6 rings (SSSR count). The van der Waals surface area contributed by atoms with Crippen LogP contribution in [0.15, 0.2) is 0 Å². The molecule has 0 amide bonds. The highest BCUT2D eigenvalue weighted by Crippen LogP contribution is 2.78. The van der Waals surface area contributed by atoms with E-state index in [4.69, 9.17) is 14.6 Å². The van der Waals surface area contributed by atoms with E-state index in [0.29, 0.717) is 23.7 Å². The normalized spacial score (nSPS) is 49.9. The van der Waals surface area contributed by atoms with Gasteiger partial charge >= 0.3 is 17.9 Å². The Kier molecular flexibility index (Phi) is 6.22. The first-order chi connectivity index (χ1) is 18.5. The number of carboxylic acid groups (broad SMARTS) is 1. The van der Waals surface area contributed by atoms with Crippen molar-refractivity contribution in [3.63, 3.8) is 0 Å². The van der Waals surface area contributed by atoms with Crippen LogP contribution in [0, 0.1) is 56.2 Å². The Labute approximate surface area is 240 Å². The number of carbonyl (C=O) groups excluding carboxylic acids is 2. The van der Waals surface area contributed by atoms with Gasteiger partial charge < -0.3 is 14.6 Å². The Hall–Kier alpha value is -1.59. The molecule has 40 heavy (non-hydrogen) atoms. The maximum atomic E-state index is 13.4. The number of esters is 2. The van der Waals surface area contributed by atoms with Gasteiger partial charge in [-0.2, -0.15) is 0 Å². The van der Waals surface area contributed by atoms with Crippen LogP contribution in [0.25, 0.3) is 0 Å². The predicted octanol–water partition coefficient (Wildman–Crippen LogP) is 7.18. The van der Waals surface area contributed by atoms with E-state index in [1.165, 1.54) is 19.3 Å². The number of ether oxygens (including phenoxy) is 2. The van der Waals surface area contributed by atoms with Gasteiger partial charge in [-0.1, -0.05) is 48.5 Å². The Morgan fingerprint density at radius 1 is 0.825 bits per heavy atom. The number of hydrogen-bond donors (Lipinski definition) is 1. The third kappa shape index (κ3) is 3.55. The zero-order chi connectivity index (χ0) is 29.1. The summed E-state index contributed by atoms with van der Waals surface area (Å²) in [6, 6.07) is 0. The predicted molar refractivity (Wildman–Crippen MR) is 151 cm³/mol. The van der Waals surface area contributed by atoms with Crippen LogP contribution >= 0.6 is 0 Å². The molecule has 1 N–H and O–H groups in total. The minimum absolute atomic E-state index is 0.0459. The fraction of sp³-hybridized carbons (Fsp3) is 0.912. The molecule has 10 atom stereocenters. The highest BCUT2D eigenvalue weighted by atomic mass is 16.6. The van der Waals surface area contributed by atoms with E-state index in [1.54, 1.807) is 0 Å². The lowest BCUT2D eigenvalue weighted by atomic mass is 9.31. The van der Waals surface area contributed by atoms with Gasteiger partial charge in [0.1, 0.15) is 12.2 Å². The number of hydrogen-bond acceptors (Lipinski definition) is 5. The summed E-state index contributed by atoms with van der Waals surface area (Å²) < 4.78 is 12.3. The van der Waals surface area contributed by atoms with Crippen molar-refractivity contribution in [1.82, 2.24) is 0 Å². The molecule has 0 aromatic carbocycles. The van der Waals surface area contributed by atoms with Gasteiger partial charge in [-0.15, -0.1) is 0 Å². The Morgan fingerprint density at radius 2 is 1.52 bits per heavy atom. The Balaban J connectivity index is 1.28. The summed E-state index contributed by atoms with van der Waals surface area (Å²) >= 11 is 0. The molecule has 1 saturated heterocycles. The quantitative estimate of drug-likeness (QED) is 0.369. The molecule has 2 bridgehead atoms. The molecule has 6 nitrogen and oxygen atoms in total. The van der Waals surface area contributed by atoms with Crippen molar-refractivity contribution in [2.24, 2.45) is 56.2 Å². The summed E-state index contributed by atoms with van der Waals surface area (Å²) in [5.41, 5.74) is 0.189. The van der Waals surface area contributed by atoms with Crippen LogP contribution in [0.5, 0.6) is 0 Å². The van der Waals surface area contributed by atoms with Crippen molar-refractivity contribution in [1.29, 1.82) is 0 Å². The number of carbonyl (C=O) groups is 3. The van der Waals surface area contributed by atoms with Crippen molar-refractivity contribution >= 4 is 17.9 Å². The van der Waals surface area contributed by atoms with Crippen molar-refractivity contribution in [3.05, 3.63) is 0 Å². The van der Waals surface area contributed by atoms with E-state index in [-0.39, 0.29) is 69.5 Å². The maximum absolute atomic E-state index is 13.4. The number of aliphatic carboxylic acids is 1. The highest BCUT2D eigenvalue weighted by molar-refractivity contribution is 5.81. The molecule has 5 saturated carbocycles. The van der Waals surface area contributed by atoms with E-state index in [0.717, 1.165) is 44.9 Å². The third-order valence-electron chi connectivity index (χ3n) is 14.8. The van der Waals surface area contributed by atoms with Gasteiger partial charge in [0, 0.05) is 16.7 Å². The second-order valence-corrected chi connectivity index (χ2v) is 16.9. The average molecular weight is 557 g/mol. The number of carboxylic acids is 1. The zero-order valence-corrected chi connectivity index (χ0v) is 25.9. The summed E-state index contributed by atoms with van der Waals surface area (Å²) in [5.74, 6) is 0.697. The Morgan fingerprint density at radius 3 is 2.23 bits per heavy atom. The summed E-state index contributed by atoms with van der Waals surface area (Å²) in [5, 5.41) is 9.00. The van der Waals surface area contributed by atoms with Crippen molar-refractivity contribution < 1.29 is 29.0 Å². The van der Waals surface area contributed by atoms with Crippen molar-refractivity contribution in [2.75, 3.05) is 0 Å². The first-order valence-electron chi connectivity index (χ1n) is 16.2.